The molecule has 23 heavy (non-hydrogen) atoms. The van der Waals surface area contributed by atoms with Gasteiger partial charge in [0.25, 0.3) is 10.0 Å². The maximum absolute atomic E-state index is 12.9. The molecule has 0 aromatic carbocycles. The Morgan fingerprint density at radius 2 is 2.26 bits per heavy atom. The number of hydrogen-bond acceptors (Lipinski definition) is 5. The Morgan fingerprint density at radius 3 is 2.91 bits per heavy atom. The highest BCUT2D eigenvalue weighted by atomic mass is 32.2. The molecule has 3 rings (SSSR count). The summed E-state index contributed by atoms with van der Waals surface area (Å²) in [5.41, 5.74) is -0.571. The van der Waals surface area contributed by atoms with Crippen LogP contribution in [0.2, 0.25) is 0 Å². The molecule has 6 nitrogen and oxygen atoms in total. The van der Waals surface area contributed by atoms with Crippen LogP contribution in [0.5, 0.6) is 0 Å². The zero-order valence-electron chi connectivity index (χ0n) is 13.4. The van der Waals surface area contributed by atoms with Crippen LogP contribution in [0.1, 0.15) is 13.3 Å². The van der Waals surface area contributed by atoms with Crippen LogP contribution in [0.3, 0.4) is 0 Å². The minimum Gasteiger partial charge on any atom is -0.383 e. The largest absolute Gasteiger partial charge is 0.383 e. The zero-order chi connectivity index (χ0) is 16.7. The van der Waals surface area contributed by atoms with Crippen LogP contribution in [0.15, 0.2) is 21.7 Å². The molecule has 0 radical (unpaired) electrons. The van der Waals surface area contributed by atoms with E-state index in [1.165, 1.54) is 15.6 Å². The second-order valence-corrected chi connectivity index (χ2v) is 9.43. The molecule has 0 N–H and O–H groups in total. The Labute approximate surface area is 141 Å². The van der Waals surface area contributed by atoms with Crippen LogP contribution < -0.4 is 0 Å². The van der Waals surface area contributed by atoms with E-state index < -0.39 is 15.4 Å². The Bertz CT molecular complexity index is 674. The van der Waals surface area contributed by atoms with Gasteiger partial charge in [-0.15, -0.1) is 11.3 Å². The SMILES string of the molecule is COCCN1CC[C@@]2(CN(S(=O)(=O)c3cccs3)C[C@@H]2C)C1=O. The number of rotatable bonds is 5. The summed E-state index contributed by atoms with van der Waals surface area (Å²) in [6, 6.07) is 3.36. The van der Waals surface area contributed by atoms with Crippen LogP contribution >= 0.6 is 11.3 Å². The van der Waals surface area contributed by atoms with Crippen molar-refractivity contribution >= 4 is 27.3 Å². The number of sulfonamides is 1. The summed E-state index contributed by atoms with van der Waals surface area (Å²) in [7, 11) is -1.88. The lowest BCUT2D eigenvalue weighted by atomic mass is 9.78. The molecular formula is C15H22N2O4S2. The normalized spacial score (nSPS) is 29.0. The van der Waals surface area contributed by atoms with Crippen molar-refractivity contribution in [2.24, 2.45) is 11.3 Å². The Balaban J connectivity index is 1.81. The van der Waals surface area contributed by atoms with Crippen molar-refractivity contribution in [3.05, 3.63) is 17.5 Å². The van der Waals surface area contributed by atoms with Gasteiger partial charge in [-0.1, -0.05) is 13.0 Å². The lowest BCUT2D eigenvalue weighted by Gasteiger charge is -2.26. The summed E-state index contributed by atoms with van der Waals surface area (Å²) in [4.78, 5) is 14.7. The molecule has 1 spiro atoms. The van der Waals surface area contributed by atoms with Crippen LogP contribution in [-0.2, 0) is 19.6 Å². The lowest BCUT2D eigenvalue weighted by Crippen LogP contribution is -2.41. The standard InChI is InChI=1S/C15H22N2O4S2/c1-12-10-17(23(19,20)13-4-3-9-22-13)11-15(12)5-6-16(14(15)18)7-8-21-2/h3-4,9,12H,5-8,10-11H2,1-2H3/t12-,15-/m0/s1. The summed E-state index contributed by atoms with van der Waals surface area (Å²) in [5, 5.41) is 1.76. The molecule has 0 aliphatic carbocycles. The molecule has 8 heteroatoms. The number of ether oxygens (including phenoxy) is 1. The Morgan fingerprint density at radius 1 is 1.48 bits per heavy atom. The molecular weight excluding hydrogens is 336 g/mol. The van der Waals surface area contributed by atoms with Crippen LogP contribution in [0.25, 0.3) is 0 Å². The van der Waals surface area contributed by atoms with E-state index in [9.17, 15) is 13.2 Å². The first-order valence-electron chi connectivity index (χ1n) is 7.74. The fourth-order valence-corrected chi connectivity index (χ4v) is 6.36. The average molecular weight is 358 g/mol. The van der Waals surface area contributed by atoms with Gasteiger partial charge in [0, 0.05) is 33.3 Å². The van der Waals surface area contributed by atoms with Gasteiger partial charge in [0.2, 0.25) is 5.91 Å². The van der Waals surface area contributed by atoms with Crippen molar-refractivity contribution in [1.82, 2.24) is 9.21 Å². The van der Waals surface area contributed by atoms with Crippen molar-refractivity contribution in [3.8, 4) is 0 Å². The van der Waals surface area contributed by atoms with E-state index in [2.05, 4.69) is 0 Å². The van der Waals surface area contributed by atoms with Gasteiger partial charge in [0.1, 0.15) is 4.21 Å². The molecule has 2 aliphatic rings. The summed E-state index contributed by atoms with van der Waals surface area (Å²) < 4.78 is 32.4. The summed E-state index contributed by atoms with van der Waals surface area (Å²) in [5.74, 6) is 0.100. The third kappa shape index (κ3) is 2.71. The van der Waals surface area contributed by atoms with E-state index in [4.69, 9.17) is 4.74 Å². The van der Waals surface area contributed by atoms with Crippen LogP contribution in [-0.4, -0.2) is 63.4 Å². The van der Waals surface area contributed by atoms with Gasteiger partial charge in [0.15, 0.2) is 0 Å². The number of thiophene rings is 1. The molecule has 2 aliphatic heterocycles. The van der Waals surface area contributed by atoms with Crippen LogP contribution in [0.4, 0.5) is 0 Å². The number of nitrogens with zero attached hydrogens (tertiary/aromatic N) is 2. The summed E-state index contributed by atoms with van der Waals surface area (Å²) in [6.45, 7) is 4.44. The van der Waals surface area contributed by atoms with Crippen molar-refractivity contribution in [2.75, 3.05) is 39.9 Å². The summed E-state index contributed by atoms with van der Waals surface area (Å²) in [6.07, 6.45) is 0.715. The minimum absolute atomic E-state index is 0.0253. The second kappa shape index (κ2) is 6.16. The monoisotopic (exact) mass is 358 g/mol. The number of likely N-dealkylation sites (tertiary alicyclic amines) is 1. The molecule has 2 saturated heterocycles. The molecule has 1 amide bonds. The Hall–Kier alpha value is -0.960. The molecule has 0 bridgehead atoms. The van der Waals surface area contributed by atoms with Crippen LogP contribution in [0, 0.1) is 11.3 Å². The number of carbonyl (C=O) groups excluding carboxylic acids is 1. The maximum Gasteiger partial charge on any atom is 0.252 e. The van der Waals surface area contributed by atoms with Crippen molar-refractivity contribution in [3.63, 3.8) is 0 Å². The highest BCUT2D eigenvalue weighted by Crippen LogP contribution is 2.46. The fourth-order valence-electron chi connectivity index (χ4n) is 3.61. The van der Waals surface area contributed by atoms with Crippen molar-refractivity contribution in [2.45, 2.75) is 17.6 Å². The summed E-state index contributed by atoms with van der Waals surface area (Å²) >= 11 is 1.22. The molecule has 0 saturated carbocycles. The molecule has 0 unspecified atom stereocenters. The molecule has 3 heterocycles. The smallest absolute Gasteiger partial charge is 0.252 e. The topological polar surface area (TPSA) is 66.9 Å². The molecule has 1 aromatic heterocycles. The molecule has 128 valence electrons. The van der Waals surface area contributed by atoms with Gasteiger partial charge in [0.05, 0.1) is 12.0 Å². The van der Waals surface area contributed by atoms with Gasteiger partial charge in [-0.25, -0.2) is 8.42 Å². The van der Waals surface area contributed by atoms with E-state index in [1.54, 1.807) is 29.5 Å². The third-order valence-electron chi connectivity index (χ3n) is 5.07. The number of hydrogen-bond donors (Lipinski definition) is 0. The molecule has 2 atom stereocenters. The van der Waals surface area contributed by atoms with Gasteiger partial charge < -0.3 is 9.64 Å². The first-order chi connectivity index (χ1) is 10.9. The average Bonchev–Trinajstić information content (AvgIpc) is 3.22. The second-order valence-electron chi connectivity index (χ2n) is 6.32. The minimum atomic E-state index is -3.49. The van der Waals surface area contributed by atoms with E-state index in [1.807, 2.05) is 6.92 Å². The third-order valence-corrected chi connectivity index (χ3v) is 8.26. The van der Waals surface area contributed by atoms with Gasteiger partial charge >= 0.3 is 0 Å². The van der Waals surface area contributed by atoms with E-state index in [0.717, 1.165) is 0 Å². The van der Waals surface area contributed by atoms with Gasteiger partial charge in [-0.05, 0) is 23.8 Å². The maximum atomic E-state index is 12.9. The Kier molecular flexibility index (Phi) is 4.52. The first-order valence-corrected chi connectivity index (χ1v) is 10.1. The lowest BCUT2D eigenvalue weighted by molar-refractivity contribution is -0.137. The highest BCUT2D eigenvalue weighted by molar-refractivity contribution is 7.91. The number of methoxy groups -OCH3 is 1. The zero-order valence-corrected chi connectivity index (χ0v) is 15.0. The predicted molar refractivity (Wildman–Crippen MR) is 87.7 cm³/mol. The van der Waals surface area contributed by atoms with E-state index in [-0.39, 0.29) is 18.4 Å². The van der Waals surface area contributed by atoms with Gasteiger partial charge in [-0.2, -0.15) is 4.31 Å². The van der Waals surface area contributed by atoms with Gasteiger partial charge in [-0.3, -0.25) is 4.79 Å². The fraction of sp³-hybridized carbons (Fsp3) is 0.667. The number of carbonyl (C=O) groups is 1. The van der Waals surface area contributed by atoms with E-state index >= 15 is 0 Å². The predicted octanol–water partition coefficient (Wildman–Crippen LogP) is 1.25. The van der Waals surface area contributed by atoms with Crippen molar-refractivity contribution < 1.29 is 17.9 Å². The van der Waals surface area contributed by atoms with E-state index in [0.29, 0.717) is 36.9 Å². The first kappa shape index (κ1) is 16.9. The molecule has 1 aromatic rings. The highest BCUT2D eigenvalue weighted by Gasteiger charge is 2.57. The van der Waals surface area contributed by atoms with Crippen molar-refractivity contribution in [1.29, 1.82) is 0 Å². The molecule has 2 fully saturated rings. The quantitative estimate of drug-likeness (QED) is 0.795. The number of amides is 1.